The Hall–Kier alpha value is -5.16. The van der Waals surface area contributed by atoms with E-state index >= 15 is 0 Å². The van der Waals surface area contributed by atoms with Gasteiger partial charge in [-0.3, -0.25) is 33.8 Å². The zero-order valence-corrected chi connectivity index (χ0v) is 32.6. The minimum atomic E-state index is -4.76. The summed E-state index contributed by atoms with van der Waals surface area (Å²) in [7, 11) is 0. The van der Waals surface area contributed by atoms with Gasteiger partial charge >= 0.3 is 6.18 Å². The van der Waals surface area contributed by atoms with Crippen LogP contribution in [0.15, 0.2) is 36.8 Å². The first kappa shape index (κ1) is 43.0. The van der Waals surface area contributed by atoms with Crippen molar-refractivity contribution in [2.45, 2.75) is 134 Å². The van der Waals surface area contributed by atoms with Gasteiger partial charge in [0.1, 0.15) is 35.6 Å². The molecule has 5 rings (SSSR count). The third-order valence-corrected chi connectivity index (χ3v) is 10.4. The van der Waals surface area contributed by atoms with Crippen molar-refractivity contribution in [1.82, 2.24) is 41.1 Å². The number of nitrogens with one attached hydrogen (secondary N) is 4. The summed E-state index contributed by atoms with van der Waals surface area (Å²) in [5, 5.41) is 10.9. The number of ether oxygens (including phenoxy) is 1. The van der Waals surface area contributed by atoms with Gasteiger partial charge in [0.25, 0.3) is 11.8 Å². The molecule has 2 saturated carbocycles. The van der Waals surface area contributed by atoms with Gasteiger partial charge in [-0.15, -0.1) is 0 Å². The summed E-state index contributed by atoms with van der Waals surface area (Å²) in [4.78, 5) is 94.9. The van der Waals surface area contributed by atoms with Crippen LogP contribution >= 0.6 is 0 Å². The van der Waals surface area contributed by atoms with Gasteiger partial charge in [0.2, 0.25) is 29.4 Å². The topological polar surface area (TPSA) is 202 Å². The Morgan fingerprint density at radius 3 is 2.28 bits per heavy atom. The highest BCUT2D eigenvalue weighted by atomic mass is 19.4. The van der Waals surface area contributed by atoms with Crippen molar-refractivity contribution < 1.29 is 46.7 Å². The van der Waals surface area contributed by atoms with Crippen LogP contribution < -0.4 is 26.0 Å². The van der Waals surface area contributed by atoms with Crippen molar-refractivity contribution in [2.75, 3.05) is 6.54 Å². The fourth-order valence-corrected chi connectivity index (χ4v) is 7.19. The number of amides is 5. The highest BCUT2D eigenvalue weighted by molar-refractivity contribution is 6.38. The average molecular weight is 801 g/mol. The average Bonchev–Trinajstić information content (AvgIpc) is 3.90. The van der Waals surface area contributed by atoms with Gasteiger partial charge < -0.3 is 30.9 Å². The summed E-state index contributed by atoms with van der Waals surface area (Å²) in [5.74, 6) is -5.03. The number of Topliss-reactive ketones (excluding diaryl/α,β-unsaturated/α-hetero) is 1. The van der Waals surface area contributed by atoms with Crippen LogP contribution in [0.1, 0.15) is 108 Å². The maximum Gasteiger partial charge on any atom is 0.433 e. The molecule has 0 aromatic carbocycles. The van der Waals surface area contributed by atoms with E-state index in [1.165, 1.54) is 29.6 Å². The Balaban J connectivity index is 1.42. The minimum absolute atomic E-state index is 0.00617. The predicted octanol–water partition coefficient (Wildman–Crippen LogP) is 3.28. The molecule has 310 valence electrons. The zero-order chi connectivity index (χ0) is 41.5. The van der Waals surface area contributed by atoms with Gasteiger partial charge in [-0.25, -0.2) is 9.97 Å². The highest BCUT2D eigenvalue weighted by Gasteiger charge is 2.47. The summed E-state index contributed by atoms with van der Waals surface area (Å²) in [6, 6.07) is -1.82. The number of alkyl halides is 3. The second-order valence-corrected chi connectivity index (χ2v) is 16.1. The summed E-state index contributed by atoms with van der Waals surface area (Å²) in [5.41, 5.74) is -2.16. The lowest BCUT2D eigenvalue weighted by Crippen LogP contribution is -2.62. The smallest absolute Gasteiger partial charge is 0.433 e. The Labute approximate surface area is 329 Å². The molecular formula is C39H51F3N8O7. The van der Waals surface area contributed by atoms with E-state index in [-0.39, 0.29) is 42.9 Å². The number of halogens is 3. The third-order valence-electron chi connectivity index (χ3n) is 10.4. The van der Waals surface area contributed by atoms with E-state index in [2.05, 4.69) is 36.2 Å². The van der Waals surface area contributed by atoms with Crippen LogP contribution in [0.25, 0.3) is 0 Å². The largest absolute Gasteiger partial charge is 0.472 e. The van der Waals surface area contributed by atoms with Crippen molar-refractivity contribution in [3.8, 4) is 5.88 Å². The van der Waals surface area contributed by atoms with Gasteiger partial charge in [0, 0.05) is 30.9 Å². The van der Waals surface area contributed by atoms with Crippen LogP contribution in [0, 0.1) is 11.3 Å². The molecule has 0 spiro atoms. The third kappa shape index (κ3) is 11.5. The molecule has 4 N–H and O–H groups in total. The molecule has 2 aromatic heterocycles. The van der Waals surface area contributed by atoms with Crippen LogP contribution in [0.4, 0.5) is 13.2 Å². The number of rotatable bonds is 15. The van der Waals surface area contributed by atoms with Gasteiger partial charge in [-0.05, 0) is 49.5 Å². The Morgan fingerprint density at radius 1 is 0.947 bits per heavy atom. The number of aromatic nitrogens is 3. The van der Waals surface area contributed by atoms with Crippen LogP contribution in [0.3, 0.4) is 0 Å². The number of ketones is 1. The maximum atomic E-state index is 14.7. The fourth-order valence-electron chi connectivity index (χ4n) is 7.19. The summed E-state index contributed by atoms with van der Waals surface area (Å²) >= 11 is 0. The van der Waals surface area contributed by atoms with Crippen molar-refractivity contribution in [1.29, 1.82) is 0 Å². The molecule has 3 heterocycles. The number of carbonyl (C=O) groups is 6. The molecule has 0 radical (unpaired) electrons. The molecule has 5 amide bonds. The lowest BCUT2D eigenvalue weighted by atomic mass is 9.82. The molecule has 3 aliphatic rings. The molecule has 2 aliphatic carbocycles. The standard InChI is InChI=1S/C39H51F3N8O7/c1-5-10-25(31(51)36(55)45-23-15-16-23)46-34(53)27-19-24(57-29-14-9-13-28(47-29)39(40,41)42)21-50(27)37(56)32(38(2,3)4)49-35(54)30(22-11-7-6-8-12-22)48-33(52)26-20-43-17-18-44-26/h9,13-14,17-18,20,22-25,27,30,32H,5-8,10-12,15-16,19,21H2,1-4H3,(H,45,55)(H,46,53)(H,48,52)(H,49,54)/t24-,25?,27+,30?,32?/m0/s1. The first-order valence-electron chi connectivity index (χ1n) is 19.5. The van der Waals surface area contributed by atoms with Gasteiger partial charge in [-0.2, -0.15) is 13.2 Å². The van der Waals surface area contributed by atoms with Crippen LogP contribution in [0.2, 0.25) is 0 Å². The summed E-state index contributed by atoms with van der Waals surface area (Å²) < 4.78 is 46.3. The number of pyridine rings is 1. The molecule has 18 heteroatoms. The van der Waals surface area contributed by atoms with E-state index in [0.717, 1.165) is 44.2 Å². The second-order valence-electron chi connectivity index (χ2n) is 16.1. The summed E-state index contributed by atoms with van der Waals surface area (Å²) in [6.45, 7) is 6.62. The molecule has 15 nitrogen and oxygen atoms in total. The van der Waals surface area contributed by atoms with E-state index < -0.39 is 82.9 Å². The number of hydrogen-bond donors (Lipinski definition) is 4. The van der Waals surface area contributed by atoms with Crippen molar-refractivity contribution in [2.24, 2.45) is 11.3 Å². The molecule has 5 atom stereocenters. The number of nitrogens with zero attached hydrogens (tertiary/aromatic N) is 4. The van der Waals surface area contributed by atoms with E-state index in [4.69, 9.17) is 4.74 Å². The molecular weight excluding hydrogens is 749 g/mol. The first-order chi connectivity index (χ1) is 27.0. The van der Waals surface area contributed by atoms with Crippen molar-refractivity contribution in [3.05, 3.63) is 48.2 Å². The van der Waals surface area contributed by atoms with E-state index in [9.17, 15) is 41.9 Å². The van der Waals surface area contributed by atoms with Crippen LogP contribution in [0.5, 0.6) is 5.88 Å². The molecule has 57 heavy (non-hydrogen) atoms. The first-order valence-corrected chi connectivity index (χ1v) is 19.5. The monoisotopic (exact) mass is 800 g/mol. The lowest BCUT2D eigenvalue weighted by Gasteiger charge is -2.37. The molecule has 0 bridgehead atoms. The van der Waals surface area contributed by atoms with E-state index in [0.29, 0.717) is 19.3 Å². The Kier molecular flexibility index (Phi) is 13.9. The molecule has 3 unspecified atom stereocenters. The normalized spacial score (nSPS) is 20.4. The second kappa shape index (κ2) is 18.4. The lowest BCUT2D eigenvalue weighted by molar-refractivity contribution is -0.145. The molecule has 1 saturated heterocycles. The van der Waals surface area contributed by atoms with Gasteiger partial charge in [0.15, 0.2) is 0 Å². The van der Waals surface area contributed by atoms with Gasteiger partial charge in [-0.1, -0.05) is 59.4 Å². The Bertz CT molecular complexity index is 1780. The van der Waals surface area contributed by atoms with Crippen LogP contribution in [-0.2, 0) is 30.1 Å². The molecule has 3 fully saturated rings. The number of hydrogen-bond acceptors (Lipinski definition) is 10. The van der Waals surface area contributed by atoms with Crippen LogP contribution in [-0.4, -0.2) is 98.0 Å². The predicted molar refractivity (Wildman–Crippen MR) is 198 cm³/mol. The SMILES string of the molecule is CCCC(NC(=O)[C@H]1C[C@H](Oc2cccc(C(F)(F)F)n2)CN1C(=O)C(NC(=O)C(NC(=O)c1cnccn1)C1CCCCC1)C(C)(C)C)C(=O)C(=O)NC1CC1. The van der Waals surface area contributed by atoms with E-state index in [1.54, 1.807) is 27.7 Å². The summed E-state index contributed by atoms with van der Waals surface area (Å²) in [6.07, 6.45) is 4.04. The van der Waals surface area contributed by atoms with Gasteiger partial charge in [0.05, 0.1) is 18.8 Å². The quantitative estimate of drug-likeness (QED) is 0.194. The van der Waals surface area contributed by atoms with E-state index in [1.807, 2.05) is 0 Å². The molecule has 1 aliphatic heterocycles. The highest BCUT2D eigenvalue weighted by Crippen LogP contribution is 2.32. The number of carbonyl (C=O) groups excluding carboxylic acids is 6. The zero-order valence-electron chi connectivity index (χ0n) is 32.6. The van der Waals surface area contributed by atoms with Crippen molar-refractivity contribution >= 4 is 35.3 Å². The maximum absolute atomic E-state index is 14.7. The number of likely N-dealkylation sites (tertiary alicyclic amines) is 1. The Morgan fingerprint density at radius 2 is 1.67 bits per heavy atom. The molecule has 2 aromatic rings. The fraction of sp³-hybridized carbons (Fsp3) is 0.615. The van der Waals surface area contributed by atoms with Crippen molar-refractivity contribution in [3.63, 3.8) is 0 Å². The minimum Gasteiger partial charge on any atom is -0.472 e.